The van der Waals surface area contributed by atoms with Crippen molar-refractivity contribution in [2.75, 3.05) is 47.5 Å². The van der Waals surface area contributed by atoms with Crippen molar-refractivity contribution in [3.8, 4) is 0 Å². The summed E-state index contributed by atoms with van der Waals surface area (Å²) in [5, 5.41) is 9.77. The molecule has 0 amide bonds. The first-order valence-corrected chi connectivity index (χ1v) is 39.8. The van der Waals surface area contributed by atoms with Crippen LogP contribution in [0.1, 0.15) is 373 Å². The van der Waals surface area contributed by atoms with Crippen molar-refractivity contribution < 1.29 is 42.9 Å². The Labute approximate surface area is 576 Å². The molecule has 0 saturated heterocycles. The van der Waals surface area contributed by atoms with Crippen LogP contribution in [0.25, 0.3) is 0 Å². The normalized spacial score (nSPS) is 13.1. The summed E-state index contributed by atoms with van der Waals surface area (Å²) in [5.41, 5.74) is 0. The van der Waals surface area contributed by atoms with Gasteiger partial charge in [0.1, 0.15) is 13.2 Å². The molecule has 0 radical (unpaired) electrons. The van der Waals surface area contributed by atoms with Gasteiger partial charge in [0.05, 0.1) is 34.4 Å². The van der Waals surface area contributed by atoms with Crippen molar-refractivity contribution in [1.29, 1.82) is 0 Å². The monoisotopic (exact) mass is 1300 g/mol. The molecule has 2 unspecified atom stereocenters. The van der Waals surface area contributed by atoms with Gasteiger partial charge in [-0.15, -0.1) is 0 Å². The van der Waals surface area contributed by atoms with Crippen LogP contribution >= 0.6 is 0 Å². The first-order valence-electron chi connectivity index (χ1n) is 39.8. The summed E-state index contributed by atoms with van der Waals surface area (Å²) >= 11 is 0. The maximum atomic E-state index is 13.0. The van der Waals surface area contributed by atoms with Gasteiger partial charge in [-0.3, -0.25) is 9.59 Å². The Hall–Kier alpha value is -3.53. The molecule has 0 saturated carbocycles. The molecule has 0 spiro atoms. The maximum absolute atomic E-state index is 13.0. The van der Waals surface area contributed by atoms with Gasteiger partial charge in [-0.1, -0.05) is 356 Å². The number of ether oxygens (including phenoxy) is 4. The van der Waals surface area contributed by atoms with Gasteiger partial charge in [-0.2, -0.15) is 0 Å². The van der Waals surface area contributed by atoms with Gasteiger partial charge in [0.15, 0.2) is 6.10 Å². The van der Waals surface area contributed by atoms with E-state index in [4.69, 9.17) is 18.9 Å². The lowest BCUT2D eigenvalue weighted by atomic mass is 10.0. The number of carbonyl (C=O) groups excluding carboxylic acids is 2. The van der Waals surface area contributed by atoms with Crippen LogP contribution in [0.15, 0.2) is 85.1 Å². The van der Waals surface area contributed by atoms with Crippen LogP contribution in [0.2, 0.25) is 0 Å². The van der Waals surface area contributed by atoms with E-state index < -0.39 is 24.3 Å². The summed E-state index contributed by atoms with van der Waals surface area (Å²) in [5.74, 6) is -1.99. The van der Waals surface area contributed by atoms with E-state index in [2.05, 4.69) is 98.9 Å². The van der Waals surface area contributed by atoms with Gasteiger partial charge >= 0.3 is 17.9 Å². The van der Waals surface area contributed by atoms with Crippen LogP contribution in [0, 0.1) is 0 Å². The van der Waals surface area contributed by atoms with Gasteiger partial charge in [-0.05, 0) is 89.9 Å². The highest BCUT2D eigenvalue weighted by Gasteiger charge is 2.25. The Bertz CT molecular complexity index is 1810. The fourth-order valence-electron chi connectivity index (χ4n) is 11.6. The molecule has 9 heteroatoms. The topological polar surface area (TPSA) is 108 Å². The number of likely N-dealkylation sites (N-methyl/N-ethyl adjacent to an activating group) is 1. The summed E-state index contributed by atoms with van der Waals surface area (Å²) in [6, 6.07) is 0. The molecule has 2 atom stereocenters. The lowest BCUT2D eigenvalue weighted by molar-refractivity contribution is -0.870. The number of carboxylic acid groups (broad SMARTS) is 1. The fourth-order valence-corrected chi connectivity index (χ4v) is 11.6. The zero-order chi connectivity index (χ0) is 67.5. The minimum absolute atomic E-state index is 0.181. The van der Waals surface area contributed by atoms with Crippen molar-refractivity contribution in [3.05, 3.63) is 85.1 Å². The molecule has 0 aliphatic heterocycles. The van der Waals surface area contributed by atoms with Crippen LogP contribution in [0.4, 0.5) is 0 Å². The first-order chi connectivity index (χ1) is 45.6. The van der Waals surface area contributed by atoms with Gasteiger partial charge in [0, 0.05) is 12.8 Å². The molecule has 0 aliphatic carbocycles. The zero-order valence-corrected chi connectivity index (χ0v) is 61.9. The molecular weight excluding hydrogens is 1150 g/mol. The molecule has 540 valence electrons. The van der Waals surface area contributed by atoms with E-state index >= 15 is 0 Å². The molecule has 0 heterocycles. The molecular formula is C84H152NO8+. The largest absolute Gasteiger partial charge is 0.477 e. The van der Waals surface area contributed by atoms with Crippen LogP contribution in [0.3, 0.4) is 0 Å². The molecule has 0 aromatic rings. The van der Waals surface area contributed by atoms with E-state index in [1.165, 1.54) is 270 Å². The number of unbranched alkanes of at least 4 members (excludes halogenated alkanes) is 45. The number of quaternary nitrogens is 1. The maximum Gasteiger partial charge on any atom is 0.361 e. The Morgan fingerprint density at radius 1 is 0.333 bits per heavy atom. The van der Waals surface area contributed by atoms with E-state index in [9.17, 15) is 19.5 Å². The predicted molar refractivity (Wildman–Crippen MR) is 401 cm³/mol. The van der Waals surface area contributed by atoms with E-state index in [1.807, 2.05) is 21.1 Å². The molecule has 93 heavy (non-hydrogen) atoms. The number of nitrogens with zero attached hydrogens (tertiary/aromatic N) is 1. The predicted octanol–water partition coefficient (Wildman–Crippen LogP) is 25.4. The van der Waals surface area contributed by atoms with E-state index in [1.54, 1.807) is 0 Å². The highest BCUT2D eigenvalue weighted by Crippen LogP contribution is 2.19. The minimum Gasteiger partial charge on any atom is -0.477 e. The Balaban J connectivity index is 4.01. The highest BCUT2D eigenvalue weighted by molar-refractivity contribution is 5.71. The summed E-state index contributed by atoms with van der Waals surface area (Å²) in [6.07, 6.45) is 98.8. The highest BCUT2D eigenvalue weighted by atomic mass is 16.7. The third-order valence-corrected chi connectivity index (χ3v) is 17.6. The molecule has 0 aromatic carbocycles. The second kappa shape index (κ2) is 74.3. The number of hydrogen-bond acceptors (Lipinski definition) is 7. The van der Waals surface area contributed by atoms with E-state index in [0.29, 0.717) is 17.4 Å². The van der Waals surface area contributed by atoms with Crippen LogP contribution in [0.5, 0.6) is 0 Å². The molecule has 0 rings (SSSR count). The number of hydrogen-bond donors (Lipinski definition) is 1. The number of allylic oxidation sites excluding steroid dienone is 14. The molecule has 0 aromatic heterocycles. The van der Waals surface area contributed by atoms with E-state index in [-0.39, 0.29) is 32.2 Å². The molecule has 0 bridgehead atoms. The smallest absolute Gasteiger partial charge is 0.361 e. The molecule has 0 fully saturated rings. The minimum atomic E-state index is -1.51. The van der Waals surface area contributed by atoms with Crippen molar-refractivity contribution in [3.63, 3.8) is 0 Å². The number of carbonyl (C=O) groups is 3. The second-order valence-electron chi connectivity index (χ2n) is 28.0. The van der Waals surface area contributed by atoms with Crippen molar-refractivity contribution in [2.45, 2.75) is 386 Å². The number of rotatable bonds is 74. The van der Waals surface area contributed by atoms with Crippen molar-refractivity contribution in [1.82, 2.24) is 0 Å². The number of aliphatic carboxylic acids is 1. The Morgan fingerprint density at radius 2 is 0.613 bits per heavy atom. The van der Waals surface area contributed by atoms with Gasteiger partial charge < -0.3 is 28.5 Å². The average Bonchev–Trinajstić information content (AvgIpc) is 3.74. The Morgan fingerprint density at radius 3 is 0.925 bits per heavy atom. The standard InChI is InChI=1S/C84H151NO8/c1-6-8-10-12-14-16-18-20-22-24-26-28-30-32-34-36-38-40-41-43-44-46-48-50-52-54-56-58-60-62-64-66-68-70-72-74-81(86)91-78-80(79-92-84(83(88)89)90-77-76-85(3,4)5)93-82(87)75-73-71-69-67-65-63-61-59-57-55-53-51-49-47-45-42-39-37-35-33-31-29-27-25-23-21-19-17-15-13-11-9-7-2/h9,11,15,17,21,23-24,26-27,29,33,35,39,42,80,84H,6-8,10,12-14,16,18-20,22,25,28,30-32,34,36-38,40-41,43-79H2,1-5H3/p+1/b11-9-,17-15-,23-21-,26-24-,29-27-,35-33-,42-39-. The van der Waals surface area contributed by atoms with Crippen molar-refractivity contribution >= 4 is 17.9 Å². The van der Waals surface area contributed by atoms with Crippen LogP contribution in [-0.4, -0.2) is 87.4 Å². The van der Waals surface area contributed by atoms with Gasteiger partial charge in [0.25, 0.3) is 6.29 Å². The Kier molecular flexibility index (Phi) is 71.4. The zero-order valence-electron chi connectivity index (χ0n) is 61.9. The summed E-state index contributed by atoms with van der Waals surface area (Å²) < 4.78 is 23.1. The average molecular weight is 1300 g/mol. The van der Waals surface area contributed by atoms with E-state index in [0.717, 1.165) is 77.0 Å². The third-order valence-electron chi connectivity index (χ3n) is 17.6. The molecule has 0 aliphatic rings. The van der Waals surface area contributed by atoms with Gasteiger partial charge in [-0.25, -0.2) is 4.79 Å². The second-order valence-corrected chi connectivity index (χ2v) is 28.0. The number of esters is 2. The van der Waals surface area contributed by atoms with Crippen LogP contribution in [-0.2, 0) is 33.3 Å². The van der Waals surface area contributed by atoms with Crippen LogP contribution < -0.4 is 0 Å². The number of carboxylic acids is 1. The first kappa shape index (κ1) is 89.5. The SMILES string of the molecule is CC/C=C\C/C=C\C/C=C\C/C=C\C/C=C\C/C=C\CCCCCCCCCCCCCCCCC(=O)OC(COC(=O)CCCCCCCCCCCCCCCCCCCCCCCCC/C=C\CCCCCCCCCC)COC(OCC[N+](C)(C)C)C(=O)O. The fraction of sp³-hybridized carbons (Fsp3) is 0.798. The van der Waals surface area contributed by atoms with Crippen molar-refractivity contribution in [2.24, 2.45) is 0 Å². The third kappa shape index (κ3) is 75.7. The summed E-state index contributed by atoms with van der Waals surface area (Å²) in [6.45, 7) is 4.82. The quantitative estimate of drug-likeness (QED) is 0.0211. The summed E-state index contributed by atoms with van der Waals surface area (Å²) in [7, 11) is 5.99. The lowest BCUT2D eigenvalue weighted by Crippen LogP contribution is -2.40. The summed E-state index contributed by atoms with van der Waals surface area (Å²) in [4.78, 5) is 37.7. The molecule has 9 nitrogen and oxygen atoms in total. The van der Waals surface area contributed by atoms with Gasteiger partial charge in [0.2, 0.25) is 0 Å². The lowest BCUT2D eigenvalue weighted by Gasteiger charge is -2.25. The molecule has 1 N–H and O–H groups in total.